The summed E-state index contributed by atoms with van der Waals surface area (Å²) >= 11 is 0. The monoisotopic (exact) mass is 337 g/mol. The number of aromatic nitrogens is 2. The highest BCUT2D eigenvalue weighted by Gasteiger charge is 2.31. The van der Waals surface area contributed by atoms with E-state index in [0.29, 0.717) is 0 Å². The first-order chi connectivity index (χ1) is 11.3. The van der Waals surface area contributed by atoms with Crippen molar-refractivity contribution in [1.82, 2.24) is 9.55 Å². The van der Waals surface area contributed by atoms with Gasteiger partial charge in [-0.05, 0) is 6.92 Å². The maximum atomic E-state index is 13.6. The van der Waals surface area contributed by atoms with Crippen molar-refractivity contribution >= 4 is 11.6 Å². The van der Waals surface area contributed by atoms with Gasteiger partial charge < -0.3 is 14.2 Å². The highest BCUT2D eigenvalue weighted by Crippen LogP contribution is 2.35. The van der Waals surface area contributed by atoms with Crippen molar-refractivity contribution in [2.45, 2.75) is 13.0 Å². The Hall–Kier alpha value is -2.97. The molecule has 0 fully saturated rings. The fraction of sp³-hybridized carbons (Fsp3) is 0.267. The largest absolute Gasteiger partial charge is 0.487 e. The molecule has 1 aromatic heterocycles. The van der Waals surface area contributed by atoms with Gasteiger partial charge in [-0.1, -0.05) is 0 Å². The summed E-state index contributed by atoms with van der Waals surface area (Å²) in [7, 11) is 1.37. The number of halogens is 2. The Morgan fingerprint density at radius 2 is 1.96 bits per heavy atom. The van der Waals surface area contributed by atoms with E-state index >= 15 is 0 Å². The zero-order valence-electron chi connectivity index (χ0n) is 12.8. The molecule has 0 bridgehead atoms. The zero-order valence-corrected chi connectivity index (χ0v) is 12.8. The number of anilines is 1. The third kappa shape index (κ3) is 2.57. The number of hydrogen-bond acceptors (Lipinski definition) is 4. The predicted octanol–water partition coefficient (Wildman–Crippen LogP) is 0.779. The molecule has 1 unspecified atom stereocenters. The first kappa shape index (κ1) is 15.9. The van der Waals surface area contributed by atoms with Crippen molar-refractivity contribution in [1.29, 1.82) is 0 Å². The molecule has 9 heteroatoms. The van der Waals surface area contributed by atoms with E-state index in [1.165, 1.54) is 7.05 Å². The summed E-state index contributed by atoms with van der Waals surface area (Å²) in [5, 5.41) is 0. The van der Waals surface area contributed by atoms with Crippen molar-refractivity contribution in [3.05, 3.63) is 56.4 Å². The number of benzene rings is 1. The van der Waals surface area contributed by atoms with Crippen LogP contribution in [0.15, 0.2) is 27.9 Å². The topological polar surface area (TPSA) is 84.4 Å². The summed E-state index contributed by atoms with van der Waals surface area (Å²) in [6, 6.07) is 1.69. The van der Waals surface area contributed by atoms with Crippen LogP contribution in [0.5, 0.6) is 5.75 Å². The zero-order chi connectivity index (χ0) is 17.6. The molecule has 1 atom stereocenters. The average molecular weight is 337 g/mol. The lowest BCUT2D eigenvalue weighted by Gasteiger charge is -2.33. The van der Waals surface area contributed by atoms with E-state index in [-0.39, 0.29) is 23.5 Å². The van der Waals surface area contributed by atoms with Crippen molar-refractivity contribution in [3.63, 3.8) is 0 Å². The van der Waals surface area contributed by atoms with Crippen LogP contribution in [0.25, 0.3) is 0 Å². The Kier molecular flexibility index (Phi) is 3.70. The van der Waals surface area contributed by atoms with Crippen LogP contribution >= 0.6 is 0 Å². The molecule has 0 saturated heterocycles. The lowest BCUT2D eigenvalue weighted by molar-refractivity contribution is 0.0958. The second kappa shape index (κ2) is 5.59. The molecule has 2 aromatic rings. The third-order valence-corrected chi connectivity index (χ3v) is 3.64. The number of carbonyl (C=O) groups excluding carboxylic acids is 1. The first-order valence-electron chi connectivity index (χ1n) is 7.05. The van der Waals surface area contributed by atoms with E-state index in [2.05, 4.69) is 0 Å². The number of carbonyl (C=O) groups is 1. The van der Waals surface area contributed by atoms with Crippen LogP contribution in [0.4, 0.5) is 14.5 Å². The van der Waals surface area contributed by atoms with Crippen LogP contribution in [-0.4, -0.2) is 28.1 Å². The quantitative estimate of drug-likeness (QED) is 0.833. The van der Waals surface area contributed by atoms with Gasteiger partial charge in [0.2, 0.25) is 0 Å². The molecule has 1 aromatic carbocycles. The van der Waals surface area contributed by atoms with Crippen molar-refractivity contribution < 1.29 is 18.3 Å². The molecule has 1 aliphatic heterocycles. The van der Waals surface area contributed by atoms with E-state index in [1.807, 2.05) is 4.98 Å². The Bertz CT molecular complexity index is 951. The number of nitrogens with one attached hydrogen (secondary N) is 1. The fourth-order valence-electron chi connectivity index (χ4n) is 2.49. The van der Waals surface area contributed by atoms with Crippen LogP contribution in [0.1, 0.15) is 17.3 Å². The average Bonchev–Trinajstić information content (AvgIpc) is 2.51. The van der Waals surface area contributed by atoms with E-state index < -0.39 is 34.9 Å². The maximum Gasteiger partial charge on any atom is 0.328 e. The number of nitrogens with zero attached hydrogens (tertiary/aromatic N) is 2. The first-order valence-corrected chi connectivity index (χ1v) is 7.05. The minimum atomic E-state index is -1.14. The molecule has 0 saturated carbocycles. The number of rotatable bonds is 1. The van der Waals surface area contributed by atoms with Crippen molar-refractivity contribution in [2.75, 3.05) is 11.4 Å². The predicted molar refractivity (Wildman–Crippen MR) is 80.4 cm³/mol. The Morgan fingerprint density at radius 3 is 2.67 bits per heavy atom. The number of fused-ring (bicyclic) bond motifs is 1. The highest BCUT2D eigenvalue weighted by atomic mass is 19.2. The second-order valence-electron chi connectivity index (χ2n) is 5.49. The second-order valence-corrected chi connectivity index (χ2v) is 5.49. The molecule has 24 heavy (non-hydrogen) atoms. The minimum absolute atomic E-state index is 0.00208. The summed E-state index contributed by atoms with van der Waals surface area (Å²) in [5.41, 5.74) is -1.79. The molecule has 0 radical (unpaired) electrons. The molecule has 126 valence electrons. The van der Waals surface area contributed by atoms with Gasteiger partial charge in [-0.2, -0.15) is 0 Å². The van der Waals surface area contributed by atoms with Gasteiger partial charge >= 0.3 is 5.69 Å². The van der Waals surface area contributed by atoms with Crippen molar-refractivity contribution in [2.24, 2.45) is 7.05 Å². The summed E-state index contributed by atoms with van der Waals surface area (Å²) in [6.45, 7) is 1.69. The Labute approximate surface area is 134 Å². The van der Waals surface area contributed by atoms with Crippen LogP contribution in [0, 0.1) is 11.6 Å². The number of aromatic amines is 1. The van der Waals surface area contributed by atoms with Gasteiger partial charge in [0.15, 0.2) is 11.6 Å². The summed E-state index contributed by atoms with van der Waals surface area (Å²) in [5.74, 6) is -2.98. The molecule has 1 aliphatic rings. The number of ether oxygens (including phenoxy) is 1. The minimum Gasteiger partial charge on any atom is -0.487 e. The normalized spacial score (nSPS) is 16.5. The van der Waals surface area contributed by atoms with Crippen LogP contribution < -0.4 is 20.9 Å². The van der Waals surface area contributed by atoms with Gasteiger partial charge in [0.05, 0.1) is 12.2 Å². The Balaban J connectivity index is 2.12. The molecule has 0 aliphatic carbocycles. The molecule has 2 heterocycles. The van der Waals surface area contributed by atoms with Crippen LogP contribution in [-0.2, 0) is 7.05 Å². The van der Waals surface area contributed by atoms with E-state index in [4.69, 9.17) is 4.74 Å². The molecular formula is C15H13F2N3O4. The Morgan fingerprint density at radius 1 is 1.29 bits per heavy atom. The van der Waals surface area contributed by atoms with E-state index in [1.54, 1.807) is 6.92 Å². The number of aryl methyl sites for hydroxylation is 1. The van der Waals surface area contributed by atoms with E-state index in [9.17, 15) is 23.2 Å². The smallest absolute Gasteiger partial charge is 0.328 e. The fourth-order valence-corrected chi connectivity index (χ4v) is 2.49. The van der Waals surface area contributed by atoms with Gasteiger partial charge in [-0.3, -0.25) is 14.6 Å². The van der Waals surface area contributed by atoms with Gasteiger partial charge in [-0.15, -0.1) is 0 Å². The van der Waals surface area contributed by atoms with Gasteiger partial charge in [-0.25, -0.2) is 13.6 Å². The molecule has 1 N–H and O–H groups in total. The maximum absolute atomic E-state index is 13.6. The van der Waals surface area contributed by atoms with Crippen molar-refractivity contribution in [3.8, 4) is 5.75 Å². The SMILES string of the molecule is CC1CN(C(=O)c2cn(C)c(=O)[nH]c2=O)c2cc(F)c(F)cc2O1. The molecule has 0 spiro atoms. The lowest BCUT2D eigenvalue weighted by Crippen LogP contribution is -2.45. The molecule has 3 rings (SSSR count). The summed E-state index contributed by atoms with van der Waals surface area (Å²) < 4.78 is 33.4. The summed E-state index contributed by atoms with van der Waals surface area (Å²) in [4.78, 5) is 39.2. The summed E-state index contributed by atoms with van der Waals surface area (Å²) in [6.07, 6.45) is 0.612. The number of hydrogen-bond donors (Lipinski definition) is 1. The van der Waals surface area contributed by atoms with E-state index in [0.717, 1.165) is 27.8 Å². The van der Waals surface area contributed by atoms with Gasteiger partial charge in [0.25, 0.3) is 11.5 Å². The van der Waals surface area contributed by atoms with Crippen LogP contribution in [0.3, 0.4) is 0 Å². The molecular weight excluding hydrogens is 324 g/mol. The highest BCUT2D eigenvalue weighted by molar-refractivity contribution is 6.06. The lowest BCUT2D eigenvalue weighted by atomic mass is 10.1. The van der Waals surface area contributed by atoms with Crippen LogP contribution in [0.2, 0.25) is 0 Å². The van der Waals surface area contributed by atoms with Gasteiger partial charge in [0, 0.05) is 25.4 Å². The number of amides is 1. The molecule has 7 nitrogen and oxygen atoms in total. The number of H-pyrrole nitrogens is 1. The van der Waals surface area contributed by atoms with Gasteiger partial charge in [0.1, 0.15) is 17.4 Å². The third-order valence-electron chi connectivity index (χ3n) is 3.64. The molecule has 1 amide bonds. The standard InChI is InChI=1S/C15H13F2N3O4/c1-7-5-20(11-3-9(16)10(17)4-12(11)24-7)14(22)8-6-19(2)15(23)18-13(8)21/h3-4,6-7H,5H2,1-2H3,(H,18,21,23).